The minimum absolute atomic E-state index is 0.0763. The lowest BCUT2D eigenvalue weighted by atomic mass is 10.2. The lowest BCUT2D eigenvalue weighted by Gasteiger charge is -1.98. The standard InChI is InChI=1S/C12H7NOS/c14-12-8-3-1-2-4-10(8)15-11-5-6-13-7-9(11)12/h1-7H. The zero-order valence-electron chi connectivity index (χ0n) is 7.81. The molecule has 2 aromatic heterocycles. The van der Waals surface area contributed by atoms with E-state index in [9.17, 15) is 4.79 Å². The molecule has 0 spiro atoms. The van der Waals surface area contributed by atoms with Gasteiger partial charge in [0.25, 0.3) is 0 Å². The van der Waals surface area contributed by atoms with Crippen LogP contribution in [0.2, 0.25) is 0 Å². The third-order valence-electron chi connectivity index (χ3n) is 2.38. The third kappa shape index (κ3) is 1.24. The second-order valence-electron chi connectivity index (χ2n) is 3.30. The van der Waals surface area contributed by atoms with Gasteiger partial charge in [-0.05, 0) is 18.2 Å². The van der Waals surface area contributed by atoms with Crippen molar-refractivity contribution < 1.29 is 0 Å². The lowest BCUT2D eigenvalue weighted by molar-refractivity contribution is 1.37. The van der Waals surface area contributed by atoms with Gasteiger partial charge in [-0.1, -0.05) is 12.1 Å². The van der Waals surface area contributed by atoms with Crippen LogP contribution in [0.3, 0.4) is 0 Å². The molecular weight excluding hydrogens is 206 g/mol. The molecule has 3 heteroatoms. The van der Waals surface area contributed by atoms with E-state index < -0.39 is 0 Å². The topological polar surface area (TPSA) is 30.0 Å². The fourth-order valence-electron chi connectivity index (χ4n) is 1.65. The fraction of sp³-hybridized carbons (Fsp3) is 0. The molecule has 0 aliphatic carbocycles. The smallest absolute Gasteiger partial charge is 0.197 e. The van der Waals surface area contributed by atoms with Gasteiger partial charge in [-0.15, -0.1) is 11.3 Å². The average molecular weight is 213 g/mol. The predicted molar refractivity (Wildman–Crippen MR) is 63.4 cm³/mol. The SMILES string of the molecule is O=c1c2ccccc2sc2ccncc12. The summed E-state index contributed by atoms with van der Waals surface area (Å²) in [4.78, 5) is 16.0. The molecule has 3 rings (SSSR count). The maximum absolute atomic E-state index is 12.1. The molecule has 0 radical (unpaired) electrons. The number of rotatable bonds is 0. The summed E-state index contributed by atoms with van der Waals surface area (Å²) in [5.41, 5.74) is 0.0763. The van der Waals surface area contributed by atoms with Crippen molar-refractivity contribution in [3.8, 4) is 0 Å². The van der Waals surface area contributed by atoms with E-state index in [-0.39, 0.29) is 5.43 Å². The molecule has 1 aromatic carbocycles. The molecule has 0 N–H and O–H groups in total. The van der Waals surface area contributed by atoms with E-state index in [4.69, 9.17) is 0 Å². The second kappa shape index (κ2) is 3.14. The number of fused-ring (bicyclic) bond motifs is 2. The van der Waals surface area contributed by atoms with Crippen molar-refractivity contribution in [2.45, 2.75) is 0 Å². The summed E-state index contributed by atoms with van der Waals surface area (Å²) in [6, 6.07) is 9.56. The summed E-state index contributed by atoms with van der Waals surface area (Å²) in [5.74, 6) is 0. The maximum atomic E-state index is 12.1. The van der Waals surface area contributed by atoms with Crippen LogP contribution in [0.1, 0.15) is 0 Å². The maximum Gasteiger partial charge on any atom is 0.197 e. The molecule has 15 heavy (non-hydrogen) atoms. The van der Waals surface area contributed by atoms with E-state index in [1.165, 1.54) is 0 Å². The molecule has 0 fully saturated rings. The molecule has 2 heterocycles. The van der Waals surface area contributed by atoms with Crippen LogP contribution in [0.25, 0.3) is 20.2 Å². The van der Waals surface area contributed by atoms with Crippen molar-refractivity contribution in [2.24, 2.45) is 0 Å². The van der Waals surface area contributed by atoms with Crippen molar-refractivity contribution in [1.82, 2.24) is 4.98 Å². The largest absolute Gasteiger partial charge is 0.288 e. The van der Waals surface area contributed by atoms with E-state index in [0.717, 1.165) is 14.8 Å². The van der Waals surface area contributed by atoms with E-state index in [0.29, 0.717) is 5.39 Å². The van der Waals surface area contributed by atoms with Crippen molar-refractivity contribution in [1.29, 1.82) is 0 Å². The van der Waals surface area contributed by atoms with Crippen LogP contribution in [0, 0.1) is 0 Å². The highest BCUT2D eigenvalue weighted by atomic mass is 32.1. The van der Waals surface area contributed by atoms with Crippen molar-refractivity contribution in [3.05, 3.63) is 52.9 Å². The Morgan fingerprint density at radius 1 is 1.00 bits per heavy atom. The van der Waals surface area contributed by atoms with Crippen LogP contribution < -0.4 is 5.43 Å². The first-order valence-electron chi connectivity index (χ1n) is 4.62. The Kier molecular flexibility index (Phi) is 1.79. The molecule has 0 saturated heterocycles. The Balaban J connectivity index is 2.66. The molecule has 3 aromatic rings. The normalized spacial score (nSPS) is 10.9. The highest BCUT2D eigenvalue weighted by Gasteiger charge is 2.03. The van der Waals surface area contributed by atoms with Gasteiger partial charge in [0.15, 0.2) is 5.43 Å². The molecule has 0 bridgehead atoms. The number of hydrogen-bond donors (Lipinski definition) is 0. The predicted octanol–water partition coefficient (Wildman–Crippen LogP) is 2.81. The van der Waals surface area contributed by atoms with Crippen LogP contribution >= 0.6 is 11.3 Å². The molecule has 0 saturated carbocycles. The summed E-state index contributed by atoms with van der Waals surface area (Å²) in [7, 11) is 0. The van der Waals surface area contributed by atoms with E-state index in [1.807, 2.05) is 30.3 Å². The van der Waals surface area contributed by atoms with Gasteiger partial charge in [0.2, 0.25) is 0 Å². The van der Waals surface area contributed by atoms with Gasteiger partial charge < -0.3 is 0 Å². The minimum atomic E-state index is 0.0763. The third-order valence-corrected chi connectivity index (χ3v) is 3.53. The Hall–Kier alpha value is -1.74. The summed E-state index contributed by atoms with van der Waals surface area (Å²) >= 11 is 1.63. The molecule has 0 atom stereocenters. The van der Waals surface area contributed by atoms with Crippen molar-refractivity contribution in [2.75, 3.05) is 0 Å². The van der Waals surface area contributed by atoms with Gasteiger partial charge in [0.05, 0.1) is 5.39 Å². The van der Waals surface area contributed by atoms with E-state index >= 15 is 0 Å². The summed E-state index contributed by atoms with van der Waals surface area (Å²) in [6.45, 7) is 0. The average Bonchev–Trinajstić information content (AvgIpc) is 2.30. The zero-order chi connectivity index (χ0) is 10.3. The number of benzene rings is 1. The van der Waals surface area contributed by atoms with Gasteiger partial charge in [0.1, 0.15) is 0 Å². The highest BCUT2D eigenvalue weighted by Crippen LogP contribution is 2.22. The minimum Gasteiger partial charge on any atom is -0.288 e. The Morgan fingerprint density at radius 3 is 2.73 bits per heavy atom. The van der Waals surface area contributed by atoms with Crippen LogP contribution in [0.15, 0.2) is 47.5 Å². The second-order valence-corrected chi connectivity index (χ2v) is 4.38. The summed E-state index contributed by atoms with van der Waals surface area (Å²) < 4.78 is 2.02. The molecule has 2 nitrogen and oxygen atoms in total. The molecule has 72 valence electrons. The van der Waals surface area contributed by atoms with E-state index in [1.54, 1.807) is 23.7 Å². The monoisotopic (exact) mass is 213 g/mol. The molecule has 0 aliphatic heterocycles. The number of pyridine rings is 1. The molecule has 0 amide bonds. The first kappa shape index (κ1) is 8.56. The van der Waals surface area contributed by atoms with Gasteiger partial charge in [0, 0.05) is 27.2 Å². The quantitative estimate of drug-likeness (QED) is 0.537. The van der Waals surface area contributed by atoms with Gasteiger partial charge in [-0.2, -0.15) is 0 Å². The Bertz CT molecular complexity index is 645. The Labute approximate surface area is 89.8 Å². The van der Waals surface area contributed by atoms with Gasteiger partial charge >= 0.3 is 0 Å². The molecule has 0 unspecified atom stereocenters. The highest BCUT2D eigenvalue weighted by molar-refractivity contribution is 7.24. The van der Waals surface area contributed by atoms with Crippen molar-refractivity contribution in [3.63, 3.8) is 0 Å². The summed E-state index contributed by atoms with van der Waals surface area (Å²) in [6.07, 6.45) is 3.35. The fourth-order valence-corrected chi connectivity index (χ4v) is 2.69. The van der Waals surface area contributed by atoms with Crippen LogP contribution in [-0.2, 0) is 0 Å². The molecular formula is C12H7NOS. The van der Waals surface area contributed by atoms with E-state index in [2.05, 4.69) is 4.98 Å². The number of hydrogen-bond acceptors (Lipinski definition) is 3. The van der Waals surface area contributed by atoms with Gasteiger partial charge in [-0.25, -0.2) is 0 Å². The van der Waals surface area contributed by atoms with Gasteiger partial charge in [-0.3, -0.25) is 9.78 Å². The molecule has 0 aliphatic rings. The Morgan fingerprint density at radius 2 is 1.80 bits per heavy atom. The summed E-state index contributed by atoms with van der Waals surface area (Å²) in [5, 5.41) is 1.49. The van der Waals surface area contributed by atoms with Crippen LogP contribution in [-0.4, -0.2) is 4.98 Å². The number of aromatic nitrogens is 1. The van der Waals surface area contributed by atoms with Crippen LogP contribution in [0.5, 0.6) is 0 Å². The zero-order valence-corrected chi connectivity index (χ0v) is 8.62. The van der Waals surface area contributed by atoms with Crippen LogP contribution in [0.4, 0.5) is 0 Å². The first-order chi connectivity index (χ1) is 7.36. The first-order valence-corrected chi connectivity index (χ1v) is 5.43. The number of nitrogens with zero attached hydrogens (tertiary/aromatic N) is 1. The lowest BCUT2D eigenvalue weighted by Crippen LogP contribution is -2.00. The van der Waals surface area contributed by atoms with Crippen molar-refractivity contribution >= 4 is 31.5 Å².